The molecule has 2 unspecified atom stereocenters. The molecule has 0 aliphatic heterocycles. The molecule has 0 aromatic heterocycles. The molecule has 17 heavy (non-hydrogen) atoms. The van der Waals surface area contributed by atoms with E-state index in [0.29, 0.717) is 12.8 Å². The third-order valence-corrected chi connectivity index (χ3v) is 4.83. The van der Waals surface area contributed by atoms with Gasteiger partial charge in [0.05, 0.1) is 18.2 Å². The first-order chi connectivity index (χ1) is 7.71. The average molecular weight is 274 g/mol. The van der Waals surface area contributed by atoms with E-state index in [1.165, 1.54) is 0 Å². The zero-order chi connectivity index (χ0) is 13.1. The maximum atomic E-state index is 12.1. The molecule has 0 saturated heterocycles. The maximum absolute atomic E-state index is 12.1. The van der Waals surface area contributed by atoms with Crippen molar-refractivity contribution in [1.29, 1.82) is 0 Å². The van der Waals surface area contributed by atoms with Gasteiger partial charge in [-0.05, 0) is 12.8 Å². The van der Waals surface area contributed by atoms with Crippen LogP contribution >= 0.6 is 7.60 Å². The van der Waals surface area contributed by atoms with E-state index < -0.39 is 25.9 Å². The van der Waals surface area contributed by atoms with Crippen molar-refractivity contribution in [3.05, 3.63) is 0 Å². The minimum absolute atomic E-state index is 0.365. The average Bonchev–Trinajstić information content (AvgIpc) is 2.15. The second-order valence-corrected chi connectivity index (χ2v) is 6.82. The van der Waals surface area contributed by atoms with Crippen LogP contribution in [0.3, 0.4) is 0 Å². The van der Waals surface area contributed by atoms with Gasteiger partial charge in [-0.2, -0.15) is 13.2 Å². The maximum Gasteiger partial charge on any atom is 0.390 e. The highest BCUT2D eigenvalue weighted by Gasteiger charge is 2.40. The second kappa shape index (κ2) is 5.72. The normalized spacial score (nSPS) is 24.3. The third-order valence-electron chi connectivity index (χ3n) is 2.94. The molecule has 102 valence electrons. The van der Waals surface area contributed by atoms with Gasteiger partial charge in [0.2, 0.25) is 0 Å². The molecule has 0 amide bonds. The van der Waals surface area contributed by atoms with Crippen LogP contribution in [0.15, 0.2) is 0 Å². The van der Waals surface area contributed by atoms with Crippen LogP contribution in [0, 0.1) is 0 Å². The number of rotatable bonds is 4. The Kier molecular flexibility index (Phi) is 5.05. The summed E-state index contributed by atoms with van der Waals surface area (Å²) in [4.78, 5) is 9.53. The number of alkyl halides is 3. The minimum Gasteiger partial charge on any atom is -0.324 e. The van der Waals surface area contributed by atoms with Crippen LogP contribution in [-0.2, 0) is 9.09 Å². The topological polar surface area (TPSA) is 46.5 Å². The predicted octanol–water partition coefficient (Wildman–Crippen LogP) is 3.86. The first-order valence-corrected chi connectivity index (χ1v) is 7.43. The van der Waals surface area contributed by atoms with Crippen molar-refractivity contribution >= 4 is 7.60 Å². The van der Waals surface area contributed by atoms with Crippen LogP contribution in [0.1, 0.15) is 45.4 Å². The molecule has 0 radical (unpaired) electrons. The Balaban J connectivity index is 2.51. The minimum atomic E-state index is -4.44. The lowest BCUT2D eigenvalue weighted by Gasteiger charge is -2.27. The molecule has 1 N–H and O–H groups in total. The molecule has 1 fully saturated rings. The highest BCUT2D eigenvalue weighted by molar-refractivity contribution is 7.53. The Morgan fingerprint density at radius 1 is 1.35 bits per heavy atom. The van der Waals surface area contributed by atoms with Crippen molar-refractivity contribution in [3.63, 3.8) is 0 Å². The number of halogens is 3. The number of hydrogen-bond donors (Lipinski definition) is 1. The Morgan fingerprint density at radius 2 is 1.88 bits per heavy atom. The Morgan fingerprint density at radius 3 is 2.35 bits per heavy atom. The van der Waals surface area contributed by atoms with Gasteiger partial charge in [-0.25, -0.2) is 0 Å². The van der Waals surface area contributed by atoms with Gasteiger partial charge >= 0.3 is 13.8 Å². The van der Waals surface area contributed by atoms with Crippen LogP contribution in [0.25, 0.3) is 0 Å². The third kappa shape index (κ3) is 5.40. The summed E-state index contributed by atoms with van der Waals surface area (Å²) in [6.07, 6.45) is -1.92. The van der Waals surface area contributed by atoms with Crippen molar-refractivity contribution in [2.24, 2.45) is 0 Å². The van der Waals surface area contributed by atoms with Gasteiger partial charge < -0.3 is 9.42 Å². The fourth-order valence-corrected chi connectivity index (χ4v) is 3.22. The molecule has 0 bridgehead atoms. The lowest BCUT2D eigenvalue weighted by atomic mass is 9.98. The van der Waals surface area contributed by atoms with Crippen molar-refractivity contribution in [1.82, 2.24) is 0 Å². The first kappa shape index (κ1) is 15.0. The molecule has 0 aromatic rings. The Labute approximate surface area is 98.9 Å². The van der Waals surface area contributed by atoms with E-state index in [4.69, 9.17) is 4.52 Å². The van der Waals surface area contributed by atoms with Crippen molar-refractivity contribution < 1.29 is 27.2 Å². The molecule has 1 rings (SSSR count). The summed E-state index contributed by atoms with van der Waals surface area (Å²) in [6.45, 7) is 1.11. The molecule has 1 aliphatic rings. The van der Waals surface area contributed by atoms with Gasteiger partial charge in [-0.15, -0.1) is 0 Å². The fourth-order valence-electron chi connectivity index (χ4n) is 1.94. The van der Waals surface area contributed by atoms with Crippen LogP contribution in [-0.4, -0.2) is 22.8 Å². The summed E-state index contributed by atoms with van der Waals surface area (Å²) in [5, 5.41) is 0. The largest absolute Gasteiger partial charge is 0.390 e. The summed E-state index contributed by atoms with van der Waals surface area (Å²) in [7, 11) is -4.17. The molecule has 2 atom stereocenters. The van der Waals surface area contributed by atoms with E-state index in [0.717, 1.165) is 26.2 Å². The molecule has 1 saturated carbocycles. The van der Waals surface area contributed by atoms with E-state index in [1.807, 2.05) is 0 Å². The molecule has 7 heteroatoms. The van der Waals surface area contributed by atoms with E-state index in [9.17, 15) is 22.6 Å². The second-order valence-electron chi connectivity index (χ2n) is 4.60. The zero-order valence-electron chi connectivity index (χ0n) is 9.74. The van der Waals surface area contributed by atoms with Crippen LogP contribution in [0.2, 0.25) is 0 Å². The molecular formula is C10H18F3O3P. The van der Waals surface area contributed by atoms with E-state index in [-0.39, 0.29) is 6.10 Å². The van der Waals surface area contributed by atoms with Gasteiger partial charge in [0.25, 0.3) is 0 Å². The van der Waals surface area contributed by atoms with Gasteiger partial charge in [0, 0.05) is 0 Å². The summed E-state index contributed by atoms with van der Waals surface area (Å²) >= 11 is 0. The van der Waals surface area contributed by atoms with Gasteiger partial charge in [-0.1, -0.05) is 26.2 Å². The first-order valence-electron chi connectivity index (χ1n) is 5.78. The SMILES string of the molecule is CC(CC(F)(F)F)P(=O)(O)OC1CCCCC1. The van der Waals surface area contributed by atoms with Crippen LogP contribution in [0.4, 0.5) is 13.2 Å². The van der Waals surface area contributed by atoms with Crippen molar-refractivity contribution in [3.8, 4) is 0 Å². The van der Waals surface area contributed by atoms with Crippen LogP contribution in [0.5, 0.6) is 0 Å². The Hall–Kier alpha value is -0.0600. The predicted molar refractivity (Wildman–Crippen MR) is 57.9 cm³/mol. The summed E-state index contributed by atoms with van der Waals surface area (Å²) in [5.74, 6) is 0. The molecule has 1 aliphatic carbocycles. The lowest BCUT2D eigenvalue weighted by Crippen LogP contribution is -2.22. The molecular weight excluding hydrogens is 256 g/mol. The molecule has 0 spiro atoms. The lowest BCUT2D eigenvalue weighted by molar-refractivity contribution is -0.135. The summed E-state index contributed by atoms with van der Waals surface area (Å²) < 4.78 is 53.1. The van der Waals surface area contributed by atoms with Gasteiger partial charge in [0.15, 0.2) is 0 Å². The van der Waals surface area contributed by atoms with Gasteiger partial charge in [-0.3, -0.25) is 4.57 Å². The summed E-state index contributed by atoms with van der Waals surface area (Å²) in [6, 6.07) is 0. The Bertz CT molecular complexity index is 287. The highest BCUT2D eigenvalue weighted by atomic mass is 31.2. The fraction of sp³-hybridized carbons (Fsp3) is 1.00. The van der Waals surface area contributed by atoms with E-state index in [2.05, 4.69) is 0 Å². The molecule has 0 heterocycles. The smallest absolute Gasteiger partial charge is 0.324 e. The quantitative estimate of drug-likeness (QED) is 0.792. The van der Waals surface area contributed by atoms with E-state index in [1.54, 1.807) is 0 Å². The standard InChI is InChI=1S/C10H18F3O3P/c1-8(7-10(11,12)13)17(14,15)16-9-5-3-2-4-6-9/h8-9H,2-7H2,1H3,(H,14,15). The molecule has 3 nitrogen and oxygen atoms in total. The van der Waals surface area contributed by atoms with Crippen molar-refractivity contribution in [2.75, 3.05) is 0 Å². The van der Waals surface area contributed by atoms with Gasteiger partial charge in [0.1, 0.15) is 0 Å². The molecule has 0 aromatic carbocycles. The zero-order valence-corrected chi connectivity index (χ0v) is 10.6. The monoisotopic (exact) mass is 274 g/mol. The van der Waals surface area contributed by atoms with Crippen molar-refractivity contribution in [2.45, 2.75) is 63.4 Å². The van der Waals surface area contributed by atoms with E-state index >= 15 is 0 Å². The number of hydrogen-bond acceptors (Lipinski definition) is 2. The summed E-state index contributed by atoms with van der Waals surface area (Å²) in [5.41, 5.74) is -1.40. The van der Waals surface area contributed by atoms with Crippen LogP contribution < -0.4 is 0 Å². The highest BCUT2D eigenvalue weighted by Crippen LogP contribution is 2.53.